The largest absolute Gasteiger partial charge is 0.496 e. The molecule has 0 spiro atoms. The Kier molecular flexibility index (Phi) is 8.01. The summed E-state index contributed by atoms with van der Waals surface area (Å²) in [4.78, 5) is 16.8. The van der Waals surface area contributed by atoms with Crippen molar-refractivity contribution in [3.63, 3.8) is 0 Å². The Morgan fingerprint density at radius 2 is 1.86 bits per heavy atom. The lowest BCUT2D eigenvalue weighted by molar-refractivity contribution is -0.125. The lowest BCUT2D eigenvalue weighted by Crippen LogP contribution is -2.26. The second-order valence-electron chi connectivity index (χ2n) is 5.39. The molecule has 0 bridgehead atoms. The van der Waals surface area contributed by atoms with Gasteiger partial charge in [-0.2, -0.15) is 8.78 Å². The fourth-order valence-corrected chi connectivity index (χ4v) is 2.25. The fourth-order valence-electron chi connectivity index (χ4n) is 2.25. The summed E-state index contributed by atoms with van der Waals surface area (Å²) < 4.78 is 39.1. The molecule has 150 valence electrons. The molecule has 1 N–H and O–H groups in total. The van der Waals surface area contributed by atoms with Gasteiger partial charge >= 0.3 is 6.61 Å². The van der Waals surface area contributed by atoms with Crippen LogP contribution in [0.1, 0.15) is 11.1 Å². The molecular weight excluding hydrogens is 374 g/mol. The number of rotatable bonds is 10. The molecule has 28 heavy (non-hydrogen) atoms. The first-order chi connectivity index (χ1) is 13.5. The van der Waals surface area contributed by atoms with Crippen LogP contribution in [0, 0.1) is 0 Å². The average molecular weight is 394 g/mol. The third kappa shape index (κ3) is 6.42. The number of carbonyl (C=O) groups is 1. The maximum Gasteiger partial charge on any atom is 0.387 e. The highest BCUT2D eigenvalue weighted by atomic mass is 19.3. The van der Waals surface area contributed by atoms with Gasteiger partial charge in [-0.3, -0.25) is 4.79 Å². The van der Waals surface area contributed by atoms with Crippen LogP contribution in [-0.4, -0.2) is 39.6 Å². The molecule has 0 heterocycles. The fraction of sp³-hybridized carbons (Fsp3) is 0.263. The first-order valence-corrected chi connectivity index (χ1v) is 8.20. The predicted octanol–water partition coefficient (Wildman–Crippen LogP) is 2.97. The summed E-state index contributed by atoms with van der Waals surface area (Å²) in [6, 6.07) is 11.6. The predicted molar refractivity (Wildman–Crippen MR) is 98.0 cm³/mol. The number of hydrogen-bond donors (Lipinski definition) is 1. The van der Waals surface area contributed by atoms with Crippen LogP contribution in [0.2, 0.25) is 0 Å². The number of methoxy groups -OCH3 is 2. The maximum absolute atomic E-state index is 12.3. The van der Waals surface area contributed by atoms with Crippen LogP contribution in [0.15, 0.2) is 47.6 Å². The van der Waals surface area contributed by atoms with Crippen LogP contribution in [0.4, 0.5) is 8.78 Å². The zero-order valence-corrected chi connectivity index (χ0v) is 15.4. The van der Waals surface area contributed by atoms with E-state index in [0.29, 0.717) is 17.9 Å². The van der Waals surface area contributed by atoms with Crippen molar-refractivity contribution in [2.45, 2.75) is 13.2 Å². The van der Waals surface area contributed by atoms with Gasteiger partial charge in [0.2, 0.25) is 0 Å². The smallest absolute Gasteiger partial charge is 0.387 e. The van der Waals surface area contributed by atoms with Crippen molar-refractivity contribution in [1.82, 2.24) is 5.32 Å². The van der Waals surface area contributed by atoms with E-state index in [2.05, 4.69) is 15.2 Å². The number of alkyl halides is 2. The molecule has 9 heteroatoms. The second-order valence-corrected chi connectivity index (χ2v) is 5.39. The standard InChI is InChI=1S/C19H20F2N2O5/c1-25-15-6-4-3-5-14(15)11-22-18(24)12-27-23-10-13-7-8-16(28-19(20)21)17(9-13)26-2/h3-10,19H,11-12H2,1-2H3,(H,22,24)/b23-10-. The highest BCUT2D eigenvalue weighted by molar-refractivity contribution is 5.81. The van der Waals surface area contributed by atoms with Crippen molar-refractivity contribution in [2.24, 2.45) is 5.16 Å². The summed E-state index contributed by atoms with van der Waals surface area (Å²) in [6.07, 6.45) is 1.32. The van der Waals surface area contributed by atoms with Gasteiger partial charge in [-0.1, -0.05) is 23.4 Å². The Labute approximate surface area is 160 Å². The van der Waals surface area contributed by atoms with Crippen molar-refractivity contribution >= 4 is 12.1 Å². The summed E-state index contributed by atoms with van der Waals surface area (Å²) in [7, 11) is 2.89. The number of nitrogens with zero attached hydrogens (tertiary/aromatic N) is 1. The summed E-state index contributed by atoms with van der Waals surface area (Å²) >= 11 is 0. The molecule has 0 fully saturated rings. The van der Waals surface area contributed by atoms with Gasteiger partial charge in [0.05, 0.1) is 20.4 Å². The highest BCUT2D eigenvalue weighted by Gasteiger charge is 2.10. The Balaban J connectivity index is 1.82. The molecule has 2 rings (SSSR count). The monoisotopic (exact) mass is 394 g/mol. The molecule has 0 aliphatic rings. The minimum atomic E-state index is -2.95. The summed E-state index contributed by atoms with van der Waals surface area (Å²) in [6.45, 7) is -2.94. The zero-order valence-electron chi connectivity index (χ0n) is 15.4. The Morgan fingerprint density at radius 1 is 1.11 bits per heavy atom. The quantitative estimate of drug-likeness (QED) is 0.495. The average Bonchev–Trinajstić information content (AvgIpc) is 2.70. The summed E-state index contributed by atoms with van der Waals surface area (Å²) in [5.74, 6) is 0.348. The zero-order chi connectivity index (χ0) is 20.4. The van der Waals surface area contributed by atoms with Crippen LogP contribution in [0.5, 0.6) is 17.2 Å². The first-order valence-electron chi connectivity index (χ1n) is 8.20. The molecule has 1 amide bonds. The minimum Gasteiger partial charge on any atom is -0.496 e. The van der Waals surface area contributed by atoms with Crippen LogP contribution in [0.25, 0.3) is 0 Å². The van der Waals surface area contributed by atoms with Crippen molar-refractivity contribution in [1.29, 1.82) is 0 Å². The topological polar surface area (TPSA) is 78.4 Å². The Bertz CT molecular complexity index is 815. The number of amides is 1. The van der Waals surface area contributed by atoms with Gasteiger partial charge in [0.25, 0.3) is 5.91 Å². The normalized spacial score (nSPS) is 10.8. The van der Waals surface area contributed by atoms with Gasteiger partial charge in [-0.15, -0.1) is 0 Å². The Morgan fingerprint density at radius 3 is 2.57 bits per heavy atom. The molecule has 0 aromatic heterocycles. The van der Waals surface area contributed by atoms with Gasteiger partial charge in [0, 0.05) is 17.7 Å². The van der Waals surface area contributed by atoms with Crippen LogP contribution < -0.4 is 19.5 Å². The van der Waals surface area contributed by atoms with Crippen LogP contribution in [0.3, 0.4) is 0 Å². The van der Waals surface area contributed by atoms with Gasteiger partial charge in [-0.25, -0.2) is 0 Å². The molecule has 2 aromatic rings. The van der Waals surface area contributed by atoms with Gasteiger partial charge in [-0.05, 0) is 24.3 Å². The van der Waals surface area contributed by atoms with E-state index < -0.39 is 6.61 Å². The third-order valence-electron chi connectivity index (χ3n) is 3.54. The molecule has 0 saturated carbocycles. The van der Waals surface area contributed by atoms with Crippen molar-refractivity contribution in [3.05, 3.63) is 53.6 Å². The number of para-hydroxylation sites is 1. The second kappa shape index (κ2) is 10.7. The van der Waals surface area contributed by atoms with Crippen molar-refractivity contribution < 1.29 is 32.6 Å². The SMILES string of the molecule is COc1ccccc1CNC(=O)CO/N=C\c1ccc(OC(F)F)c(OC)c1. The molecule has 0 atom stereocenters. The number of halogens is 2. The molecule has 0 radical (unpaired) electrons. The molecule has 7 nitrogen and oxygen atoms in total. The number of oxime groups is 1. The summed E-state index contributed by atoms with van der Waals surface area (Å²) in [5.41, 5.74) is 1.35. The van der Waals surface area contributed by atoms with Crippen LogP contribution in [-0.2, 0) is 16.2 Å². The molecule has 0 aliphatic heterocycles. The van der Waals surface area contributed by atoms with E-state index in [1.54, 1.807) is 13.2 Å². The third-order valence-corrected chi connectivity index (χ3v) is 3.54. The first kappa shape index (κ1) is 20.9. The highest BCUT2D eigenvalue weighted by Crippen LogP contribution is 2.28. The number of nitrogens with one attached hydrogen (secondary N) is 1. The summed E-state index contributed by atoms with van der Waals surface area (Å²) in [5, 5.41) is 6.37. The lowest BCUT2D eigenvalue weighted by atomic mass is 10.2. The number of hydrogen-bond acceptors (Lipinski definition) is 6. The van der Waals surface area contributed by atoms with Crippen molar-refractivity contribution in [3.8, 4) is 17.2 Å². The molecule has 2 aromatic carbocycles. The van der Waals surface area contributed by atoms with Crippen LogP contribution >= 0.6 is 0 Å². The van der Waals surface area contributed by atoms with E-state index in [9.17, 15) is 13.6 Å². The molecule has 0 unspecified atom stereocenters. The van der Waals surface area contributed by atoms with E-state index in [1.807, 2.05) is 18.2 Å². The molecule has 0 aliphatic carbocycles. The van der Waals surface area contributed by atoms with E-state index in [1.165, 1.54) is 31.5 Å². The number of ether oxygens (including phenoxy) is 3. The van der Waals surface area contributed by atoms with Gasteiger partial charge in [0.1, 0.15) is 5.75 Å². The number of carbonyl (C=O) groups excluding carboxylic acids is 1. The van der Waals surface area contributed by atoms with E-state index in [0.717, 1.165) is 5.56 Å². The number of benzene rings is 2. The van der Waals surface area contributed by atoms with E-state index in [-0.39, 0.29) is 24.0 Å². The van der Waals surface area contributed by atoms with Gasteiger partial charge < -0.3 is 24.4 Å². The van der Waals surface area contributed by atoms with E-state index in [4.69, 9.17) is 14.3 Å². The lowest BCUT2D eigenvalue weighted by Gasteiger charge is -2.10. The molecular formula is C19H20F2N2O5. The van der Waals surface area contributed by atoms with Crippen molar-refractivity contribution in [2.75, 3.05) is 20.8 Å². The van der Waals surface area contributed by atoms with E-state index >= 15 is 0 Å². The molecule has 0 saturated heterocycles. The van der Waals surface area contributed by atoms with Gasteiger partial charge in [0.15, 0.2) is 18.1 Å². The Hall–Kier alpha value is -3.36. The maximum atomic E-state index is 12.3. The minimum absolute atomic E-state index is 0.0914.